The molecule has 1 unspecified atom stereocenters. The van der Waals surface area contributed by atoms with Gasteiger partial charge in [0, 0.05) is 31.1 Å². The SMILES string of the molecule is CCOC(=O)c1cnc(N2CCCC(COc3cc(OC)cc4oc(-c5cn6c(n5)CC(OC)=N6)cc34)C2)[nH]1. The number of nitrogens with one attached hydrogen (secondary N) is 1. The lowest BCUT2D eigenvalue weighted by Crippen LogP contribution is -2.38. The van der Waals surface area contributed by atoms with Gasteiger partial charge >= 0.3 is 5.97 Å². The molecule has 39 heavy (non-hydrogen) atoms. The first-order valence-corrected chi connectivity index (χ1v) is 13.0. The fourth-order valence-corrected chi connectivity index (χ4v) is 4.97. The number of benzene rings is 1. The molecule has 1 aromatic carbocycles. The van der Waals surface area contributed by atoms with Crippen molar-refractivity contribution in [2.24, 2.45) is 11.0 Å². The summed E-state index contributed by atoms with van der Waals surface area (Å²) < 4.78 is 30.0. The Morgan fingerprint density at radius 3 is 2.92 bits per heavy atom. The highest BCUT2D eigenvalue weighted by atomic mass is 16.5. The smallest absolute Gasteiger partial charge is 0.356 e. The van der Waals surface area contributed by atoms with Crippen molar-refractivity contribution < 1.29 is 28.2 Å². The van der Waals surface area contributed by atoms with Crippen LogP contribution in [-0.4, -0.2) is 72.0 Å². The van der Waals surface area contributed by atoms with Crippen LogP contribution in [0.4, 0.5) is 5.95 Å². The Morgan fingerprint density at radius 2 is 2.13 bits per heavy atom. The van der Waals surface area contributed by atoms with Crippen LogP contribution in [0.15, 0.2) is 40.1 Å². The van der Waals surface area contributed by atoms with Gasteiger partial charge in [-0.3, -0.25) is 0 Å². The van der Waals surface area contributed by atoms with Gasteiger partial charge in [0.2, 0.25) is 11.8 Å². The molecule has 0 aliphatic carbocycles. The quantitative estimate of drug-likeness (QED) is 0.335. The van der Waals surface area contributed by atoms with Gasteiger partial charge in [-0.1, -0.05) is 0 Å². The summed E-state index contributed by atoms with van der Waals surface area (Å²) in [4.78, 5) is 26.3. The second-order valence-electron chi connectivity index (χ2n) is 9.52. The number of aromatic nitrogens is 4. The van der Waals surface area contributed by atoms with Crippen LogP contribution in [0.1, 0.15) is 36.1 Å². The second kappa shape index (κ2) is 10.4. The number of rotatable bonds is 8. The Kier molecular flexibility index (Phi) is 6.59. The van der Waals surface area contributed by atoms with Crippen LogP contribution in [0.3, 0.4) is 0 Å². The highest BCUT2D eigenvalue weighted by molar-refractivity contribution is 5.89. The summed E-state index contributed by atoms with van der Waals surface area (Å²) in [7, 11) is 3.22. The van der Waals surface area contributed by atoms with E-state index in [-0.39, 0.29) is 5.92 Å². The Hall–Kier alpha value is -4.48. The molecule has 12 heteroatoms. The average molecular weight is 535 g/mol. The summed E-state index contributed by atoms with van der Waals surface area (Å²) in [5, 5.41) is 5.22. The van der Waals surface area contributed by atoms with Gasteiger partial charge in [-0.05, 0) is 25.8 Å². The molecule has 0 bridgehead atoms. The Balaban J connectivity index is 1.18. The van der Waals surface area contributed by atoms with E-state index in [1.54, 1.807) is 25.8 Å². The number of furan rings is 1. The lowest BCUT2D eigenvalue weighted by Gasteiger charge is -2.32. The summed E-state index contributed by atoms with van der Waals surface area (Å²) in [6.07, 6.45) is 5.91. The van der Waals surface area contributed by atoms with Crippen LogP contribution in [0.5, 0.6) is 11.5 Å². The third-order valence-electron chi connectivity index (χ3n) is 6.93. The van der Waals surface area contributed by atoms with Gasteiger partial charge < -0.3 is 33.2 Å². The number of imidazole rings is 2. The van der Waals surface area contributed by atoms with Gasteiger partial charge in [0.15, 0.2) is 5.76 Å². The number of methoxy groups -OCH3 is 2. The maximum absolute atomic E-state index is 12.0. The summed E-state index contributed by atoms with van der Waals surface area (Å²) in [6.45, 7) is 4.22. The third-order valence-corrected chi connectivity index (χ3v) is 6.93. The number of fused-ring (bicyclic) bond motifs is 2. The standard InChI is InChI=1S/C27H30N6O6/c1-4-37-26(34)19-12-28-27(30-19)32-7-5-6-16(13-32)15-38-21-8-17(35-2)9-22-18(21)10-23(39-22)20-14-33-24(29-20)11-25(31-33)36-3/h8-10,12,14,16H,4-7,11,13,15H2,1-3H3,(H,28,30). The number of anilines is 1. The number of esters is 1. The first-order chi connectivity index (χ1) is 19.0. The summed E-state index contributed by atoms with van der Waals surface area (Å²) in [5.41, 5.74) is 1.70. The lowest BCUT2D eigenvalue weighted by molar-refractivity contribution is 0.0520. The van der Waals surface area contributed by atoms with Crippen LogP contribution < -0.4 is 14.4 Å². The van der Waals surface area contributed by atoms with Crippen LogP contribution in [-0.2, 0) is 15.9 Å². The van der Waals surface area contributed by atoms with Gasteiger partial charge in [-0.15, -0.1) is 5.10 Å². The van der Waals surface area contributed by atoms with Crippen molar-refractivity contribution in [1.82, 2.24) is 19.6 Å². The zero-order chi connectivity index (χ0) is 26.9. The minimum absolute atomic E-state index is 0.270. The Bertz CT molecular complexity index is 1530. The molecule has 3 aromatic heterocycles. The van der Waals surface area contributed by atoms with E-state index in [4.69, 9.17) is 23.4 Å². The van der Waals surface area contributed by atoms with E-state index in [0.29, 0.717) is 65.7 Å². The van der Waals surface area contributed by atoms with E-state index in [9.17, 15) is 4.79 Å². The van der Waals surface area contributed by atoms with Gasteiger partial charge in [-0.2, -0.15) is 0 Å². The molecule has 5 heterocycles. The zero-order valence-electron chi connectivity index (χ0n) is 22.1. The predicted molar refractivity (Wildman–Crippen MR) is 143 cm³/mol. The zero-order valence-corrected chi connectivity index (χ0v) is 22.1. The number of ether oxygens (including phenoxy) is 4. The first-order valence-electron chi connectivity index (χ1n) is 13.0. The molecule has 0 radical (unpaired) electrons. The monoisotopic (exact) mass is 534 g/mol. The van der Waals surface area contributed by atoms with Crippen LogP contribution in [0, 0.1) is 5.92 Å². The van der Waals surface area contributed by atoms with E-state index < -0.39 is 5.97 Å². The van der Waals surface area contributed by atoms with E-state index in [1.807, 2.05) is 24.4 Å². The Labute approximate surface area is 224 Å². The van der Waals surface area contributed by atoms with E-state index in [2.05, 4.69) is 25.0 Å². The number of H-pyrrole nitrogens is 1. The minimum atomic E-state index is -0.401. The normalized spacial score (nSPS) is 16.7. The number of hydrogen-bond acceptors (Lipinski definition) is 10. The fraction of sp³-hybridized carbons (Fsp3) is 0.407. The largest absolute Gasteiger partial charge is 0.496 e. The van der Waals surface area contributed by atoms with Crippen LogP contribution in [0.25, 0.3) is 22.4 Å². The number of nitrogens with zero attached hydrogens (tertiary/aromatic N) is 5. The molecule has 6 rings (SSSR count). The number of carbonyl (C=O) groups excluding carboxylic acids is 1. The van der Waals surface area contributed by atoms with Crippen molar-refractivity contribution in [3.05, 3.63) is 42.1 Å². The number of aromatic amines is 1. The molecule has 4 aromatic rings. The van der Waals surface area contributed by atoms with E-state index in [0.717, 1.165) is 37.1 Å². The predicted octanol–water partition coefficient (Wildman–Crippen LogP) is 3.86. The van der Waals surface area contributed by atoms with Gasteiger partial charge in [0.1, 0.15) is 34.3 Å². The van der Waals surface area contributed by atoms with Gasteiger partial charge in [0.25, 0.3) is 0 Å². The molecule has 2 aliphatic rings. The van der Waals surface area contributed by atoms with Crippen molar-refractivity contribution in [3.63, 3.8) is 0 Å². The lowest BCUT2D eigenvalue weighted by atomic mass is 9.99. The summed E-state index contributed by atoms with van der Waals surface area (Å²) >= 11 is 0. The molecule has 0 amide bonds. The molecular formula is C27H30N6O6. The van der Waals surface area contributed by atoms with Gasteiger partial charge in [0.05, 0.1) is 51.6 Å². The average Bonchev–Trinajstić information content (AvgIpc) is 3.74. The van der Waals surface area contributed by atoms with Crippen LogP contribution in [0.2, 0.25) is 0 Å². The highest BCUT2D eigenvalue weighted by Gasteiger charge is 2.25. The van der Waals surface area contributed by atoms with E-state index >= 15 is 0 Å². The van der Waals surface area contributed by atoms with Crippen molar-refractivity contribution in [3.8, 4) is 23.0 Å². The molecular weight excluding hydrogens is 504 g/mol. The maximum atomic E-state index is 12.0. The maximum Gasteiger partial charge on any atom is 0.356 e. The topological polar surface area (TPSA) is 129 Å². The minimum Gasteiger partial charge on any atom is -0.496 e. The van der Waals surface area contributed by atoms with E-state index in [1.165, 1.54) is 6.20 Å². The first kappa shape index (κ1) is 24.8. The summed E-state index contributed by atoms with van der Waals surface area (Å²) in [6, 6.07) is 5.66. The number of piperidine rings is 1. The molecule has 1 fully saturated rings. The van der Waals surface area contributed by atoms with Crippen molar-refractivity contribution in [2.75, 3.05) is 45.4 Å². The second-order valence-corrected chi connectivity index (χ2v) is 9.52. The molecule has 0 spiro atoms. The van der Waals surface area contributed by atoms with Crippen molar-refractivity contribution in [1.29, 1.82) is 0 Å². The van der Waals surface area contributed by atoms with Gasteiger partial charge in [-0.25, -0.2) is 19.4 Å². The number of hydrogen-bond donors (Lipinski definition) is 1. The molecule has 1 N–H and O–H groups in total. The molecule has 1 saturated heterocycles. The summed E-state index contributed by atoms with van der Waals surface area (Å²) in [5.74, 6) is 3.91. The van der Waals surface area contributed by atoms with Crippen molar-refractivity contribution in [2.45, 2.75) is 26.2 Å². The Morgan fingerprint density at radius 1 is 1.23 bits per heavy atom. The fourth-order valence-electron chi connectivity index (χ4n) is 4.97. The molecule has 204 valence electrons. The molecule has 1 atom stereocenters. The molecule has 2 aliphatic heterocycles. The van der Waals surface area contributed by atoms with Crippen LogP contribution >= 0.6 is 0 Å². The third kappa shape index (κ3) is 4.89. The number of carbonyl (C=O) groups is 1. The highest BCUT2D eigenvalue weighted by Crippen LogP contribution is 2.37. The molecule has 12 nitrogen and oxygen atoms in total. The van der Waals surface area contributed by atoms with Crippen molar-refractivity contribution >= 4 is 28.8 Å². The molecule has 0 saturated carbocycles.